The molecule has 0 bridgehead atoms. The summed E-state index contributed by atoms with van der Waals surface area (Å²) in [6.45, 7) is 11.3. The van der Waals surface area contributed by atoms with Crippen molar-refractivity contribution in [2.45, 2.75) is 98.3 Å². The molecular weight excluding hydrogens is 414 g/mol. The second-order valence-corrected chi connectivity index (χ2v) is 13.6. The first kappa shape index (κ1) is 24.4. The van der Waals surface area contributed by atoms with E-state index in [9.17, 15) is 4.79 Å². The molecule has 4 aliphatic carbocycles. The zero-order valence-electron chi connectivity index (χ0n) is 22.6. The summed E-state index contributed by atoms with van der Waals surface area (Å²) in [6.07, 6.45) is 15.6. The molecule has 1 amide bonds. The fraction of sp³-hybridized carbons (Fsp3) is 0.781. The maximum absolute atomic E-state index is 13.1. The van der Waals surface area contributed by atoms with Crippen LogP contribution in [0, 0.1) is 45.8 Å². The Kier molecular flexibility index (Phi) is 6.43. The first-order valence-corrected chi connectivity index (χ1v) is 14.5. The second-order valence-electron chi connectivity index (χ2n) is 13.6. The van der Waals surface area contributed by atoms with Crippen LogP contribution < -0.4 is 0 Å². The highest BCUT2D eigenvalue weighted by Crippen LogP contribution is 2.71. The van der Waals surface area contributed by atoms with Gasteiger partial charge in [-0.1, -0.05) is 58.7 Å². The van der Waals surface area contributed by atoms with Crippen LogP contribution in [-0.2, 0) is 0 Å². The molecule has 4 saturated carbocycles. The highest BCUT2D eigenvalue weighted by Gasteiger charge is 2.63. The molecule has 0 heterocycles. The molecule has 0 saturated heterocycles. The van der Waals surface area contributed by atoms with Crippen LogP contribution >= 0.6 is 0 Å². The largest absolute Gasteiger partial charge is 0.341 e. The molecule has 0 radical (unpaired) electrons. The second kappa shape index (κ2) is 8.97. The number of nitrogens with zero attached hydrogens (tertiary/aromatic N) is 1. The van der Waals surface area contributed by atoms with Crippen LogP contribution in [0.2, 0.25) is 0 Å². The Morgan fingerprint density at radius 3 is 2.47 bits per heavy atom. The minimum absolute atomic E-state index is 0.190. The number of carbonyl (C=O) groups excluding carboxylic acids is 1. The molecule has 0 aliphatic heterocycles. The lowest BCUT2D eigenvalue weighted by Gasteiger charge is -2.68. The van der Waals surface area contributed by atoms with Crippen LogP contribution in [0.5, 0.6) is 0 Å². The topological polar surface area (TPSA) is 20.3 Å². The average Bonchev–Trinajstić information content (AvgIpc) is 2.83. The van der Waals surface area contributed by atoms with Crippen molar-refractivity contribution in [3.8, 4) is 0 Å². The zero-order chi connectivity index (χ0) is 24.1. The first-order valence-electron chi connectivity index (χ1n) is 14.5. The van der Waals surface area contributed by atoms with Crippen molar-refractivity contribution in [1.82, 2.24) is 4.90 Å². The monoisotopic (exact) mass is 463 g/mol. The number of hydrogen-bond donors (Lipinski definition) is 0. The Labute approximate surface area is 209 Å². The van der Waals surface area contributed by atoms with Gasteiger partial charge in [0.2, 0.25) is 0 Å². The van der Waals surface area contributed by atoms with E-state index < -0.39 is 0 Å². The van der Waals surface area contributed by atoms with Crippen molar-refractivity contribution < 1.29 is 4.79 Å². The van der Waals surface area contributed by atoms with Crippen LogP contribution in [0.1, 0.15) is 109 Å². The summed E-state index contributed by atoms with van der Waals surface area (Å²) in [5.41, 5.74) is 2.37. The van der Waals surface area contributed by atoms with Gasteiger partial charge in [-0.25, -0.2) is 0 Å². The van der Waals surface area contributed by atoms with Gasteiger partial charge in [-0.3, -0.25) is 4.79 Å². The van der Waals surface area contributed by atoms with Crippen molar-refractivity contribution in [2.24, 2.45) is 45.8 Å². The predicted octanol–water partition coefficient (Wildman–Crippen LogP) is 8.22. The lowest BCUT2D eigenvalue weighted by molar-refractivity contribution is -0.187. The van der Waals surface area contributed by atoms with Crippen LogP contribution in [-0.4, -0.2) is 24.4 Å². The van der Waals surface area contributed by atoms with E-state index in [4.69, 9.17) is 0 Å². The van der Waals surface area contributed by atoms with E-state index >= 15 is 0 Å². The van der Waals surface area contributed by atoms with E-state index in [1.165, 1.54) is 70.6 Å². The maximum Gasteiger partial charge on any atom is 0.253 e. The smallest absolute Gasteiger partial charge is 0.253 e. The number of hydrogen-bond acceptors (Lipinski definition) is 1. The summed E-state index contributed by atoms with van der Waals surface area (Å²) >= 11 is 0. The van der Waals surface area contributed by atoms with Gasteiger partial charge in [-0.05, 0) is 116 Å². The standard InChI is InChI=1S/C32H49NO/c1-6-32-20-15-23(2)21-30(32,3)18-16-26-27-14-10-13-25(31(27,4)19-17-28(26)32)22-33(5)29(34)24-11-8-7-9-12-24/h7-9,11-12,23,25-28H,6,10,13-22H2,1-5H3/t23-,25+,26-,27?,28?,30+,31+,32+/m0/s1. The normalized spacial score (nSPS) is 43.9. The molecule has 1 aromatic carbocycles. The molecular formula is C32H49NO. The SMILES string of the molecule is CC[C@]12CC[C@H](C)C[C@@]1(C)CC[C@@H]1C2CC[C@@]2(C)C1CCC[C@@H]2CN(C)C(=O)c1ccccc1. The molecule has 2 unspecified atom stereocenters. The van der Waals surface area contributed by atoms with Gasteiger partial charge in [0.15, 0.2) is 0 Å². The number of benzene rings is 1. The molecule has 188 valence electrons. The minimum Gasteiger partial charge on any atom is -0.341 e. The van der Waals surface area contributed by atoms with Gasteiger partial charge in [0.05, 0.1) is 0 Å². The Balaban J connectivity index is 1.37. The lowest BCUT2D eigenvalue weighted by atomic mass is 9.37. The molecule has 0 N–H and O–H groups in total. The van der Waals surface area contributed by atoms with E-state index in [1.807, 2.05) is 42.3 Å². The molecule has 2 nitrogen and oxygen atoms in total. The van der Waals surface area contributed by atoms with E-state index in [0.29, 0.717) is 22.2 Å². The van der Waals surface area contributed by atoms with E-state index in [-0.39, 0.29) is 5.91 Å². The van der Waals surface area contributed by atoms with Crippen molar-refractivity contribution in [3.63, 3.8) is 0 Å². The molecule has 1 aromatic rings. The van der Waals surface area contributed by atoms with Crippen molar-refractivity contribution in [1.29, 1.82) is 0 Å². The van der Waals surface area contributed by atoms with Gasteiger partial charge in [-0.15, -0.1) is 0 Å². The third-order valence-electron chi connectivity index (χ3n) is 12.2. The van der Waals surface area contributed by atoms with Gasteiger partial charge in [-0.2, -0.15) is 0 Å². The molecule has 4 fully saturated rings. The minimum atomic E-state index is 0.190. The van der Waals surface area contributed by atoms with Crippen molar-refractivity contribution in [2.75, 3.05) is 13.6 Å². The Hall–Kier alpha value is -1.31. The van der Waals surface area contributed by atoms with Crippen LogP contribution in [0.4, 0.5) is 0 Å². The molecule has 8 atom stereocenters. The predicted molar refractivity (Wildman–Crippen MR) is 142 cm³/mol. The maximum atomic E-state index is 13.1. The summed E-state index contributed by atoms with van der Waals surface area (Å²) in [5, 5.41) is 0. The molecule has 4 aliphatic rings. The fourth-order valence-electron chi connectivity index (χ4n) is 10.4. The summed E-state index contributed by atoms with van der Waals surface area (Å²) < 4.78 is 0. The summed E-state index contributed by atoms with van der Waals surface area (Å²) in [4.78, 5) is 15.2. The van der Waals surface area contributed by atoms with Crippen LogP contribution in [0.3, 0.4) is 0 Å². The van der Waals surface area contributed by atoms with Gasteiger partial charge >= 0.3 is 0 Å². The fourth-order valence-corrected chi connectivity index (χ4v) is 10.4. The van der Waals surface area contributed by atoms with Gasteiger partial charge < -0.3 is 4.90 Å². The highest BCUT2D eigenvalue weighted by molar-refractivity contribution is 5.94. The Bertz CT molecular complexity index is 880. The zero-order valence-corrected chi connectivity index (χ0v) is 22.6. The first-order chi connectivity index (χ1) is 16.2. The molecule has 34 heavy (non-hydrogen) atoms. The number of carbonyl (C=O) groups is 1. The van der Waals surface area contributed by atoms with E-state index in [2.05, 4.69) is 27.7 Å². The van der Waals surface area contributed by atoms with Crippen molar-refractivity contribution >= 4 is 5.91 Å². The summed E-state index contributed by atoms with van der Waals surface area (Å²) in [5.74, 6) is 4.45. The molecule has 0 aromatic heterocycles. The number of amides is 1. The molecule has 0 spiro atoms. The third kappa shape index (κ3) is 3.68. The lowest BCUT2D eigenvalue weighted by Crippen LogP contribution is -2.60. The van der Waals surface area contributed by atoms with Crippen molar-refractivity contribution in [3.05, 3.63) is 35.9 Å². The van der Waals surface area contributed by atoms with Gasteiger partial charge in [0, 0.05) is 19.2 Å². The Morgan fingerprint density at radius 1 is 0.971 bits per heavy atom. The Morgan fingerprint density at radius 2 is 1.74 bits per heavy atom. The van der Waals surface area contributed by atoms with Gasteiger partial charge in [0.1, 0.15) is 0 Å². The summed E-state index contributed by atoms with van der Waals surface area (Å²) in [7, 11) is 2.04. The van der Waals surface area contributed by atoms with Gasteiger partial charge in [0.25, 0.3) is 5.91 Å². The van der Waals surface area contributed by atoms with E-state index in [0.717, 1.165) is 35.8 Å². The van der Waals surface area contributed by atoms with Crippen LogP contribution in [0.15, 0.2) is 30.3 Å². The van der Waals surface area contributed by atoms with E-state index in [1.54, 1.807) is 0 Å². The molecule has 5 rings (SSSR count). The highest BCUT2D eigenvalue weighted by atomic mass is 16.2. The quantitative estimate of drug-likeness (QED) is 0.440. The molecule has 2 heteroatoms. The average molecular weight is 464 g/mol. The summed E-state index contributed by atoms with van der Waals surface area (Å²) in [6, 6.07) is 9.87. The number of rotatable bonds is 4. The van der Waals surface area contributed by atoms with Crippen LogP contribution in [0.25, 0.3) is 0 Å². The number of fused-ring (bicyclic) bond motifs is 5. The third-order valence-corrected chi connectivity index (χ3v) is 12.2.